The molecule has 0 aliphatic carbocycles. The molecule has 3 heteroatoms. The summed E-state index contributed by atoms with van der Waals surface area (Å²) in [5, 5.41) is 0. The van der Waals surface area contributed by atoms with Gasteiger partial charge in [-0.05, 0) is 13.8 Å². The molecule has 0 spiro atoms. The van der Waals surface area contributed by atoms with Gasteiger partial charge in [0.15, 0.2) is 0 Å². The van der Waals surface area contributed by atoms with Crippen LogP contribution in [0.3, 0.4) is 0 Å². The Labute approximate surface area is 68.5 Å². The van der Waals surface area contributed by atoms with Gasteiger partial charge < -0.3 is 10.5 Å². The van der Waals surface area contributed by atoms with Crippen molar-refractivity contribution in [3.8, 4) is 0 Å². The molecule has 0 saturated carbocycles. The van der Waals surface area contributed by atoms with Gasteiger partial charge in [-0.25, -0.2) is 0 Å². The molecule has 3 nitrogen and oxygen atoms in total. The number of rotatable bonds is 2. The molecule has 2 atom stereocenters. The van der Waals surface area contributed by atoms with E-state index in [1.54, 1.807) is 0 Å². The fourth-order valence-electron chi connectivity index (χ4n) is 1.40. The van der Waals surface area contributed by atoms with Gasteiger partial charge in [0, 0.05) is 25.2 Å². The zero-order valence-electron chi connectivity index (χ0n) is 7.42. The highest BCUT2D eigenvalue weighted by molar-refractivity contribution is 4.73. The van der Waals surface area contributed by atoms with Crippen LogP contribution in [0.1, 0.15) is 13.8 Å². The van der Waals surface area contributed by atoms with Gasteiger partial charge in [0.1, 0.15) is 0 Å². The van der Waals surface area contributed by atoms with Gasteiger partial charge in [0.25, 0.3) is 0 Å². The number of nitrogens with two attached hydrogens (primary N) is 1. The molecule has 0 bridgehead atoms. The van der Waals surface area contributed by atoms with Gasteiger partial charge in [-0.15, -0.1) is 0 Å². The number of hydrogen-bond donors (Lipinski definition) is 1. The molecule has 0 amide bonds. The topological polar surface area (TPSA) is 38.5 Å². The lowest BCUT2D eigenvalue weighted by atomic mass is 10.2. The number of nitrogens with zero attached hydrogens (tertiary/aromatic N) is 1. The second-order valence-corrected chi connectivity index (χ2v) is 3.40. The molecule has 1 heterocycles. The molecular formula is C8H18N2O. The van der Waals surface area contributed by atoms with Crippen molar-refractivity contribution in [3.63, 3.8) is 0 Å². The van der Waals surface area contributed by atoms with E-state index in [1.807, 2.05) is 6.92 Å². The highest BCUT2D eigenvalue weighted by atomic mass is 16.5. The van der Waals surface area contributed by atoms with E-state index in [4.69, 9.17) is 10.5 Å². The van der Waals surface area contributed by atoms with Crippen LogP contribution < -0.4 is 5.73 Å². The van der Waals surface area contributed by atoms with Crippen molar-refractivity contribution in [3.05, 3.63) is 0 Å². The lowest BCUT2D eigenvalue weighted by Gasteiger charge is -2.34. The zero-order chi connectivity index (χ0) is 8.27. The second-order valence-electron chi connectivity index (χ2n) is 3.40. The van der Waals surface area contributed by atoms with Crippen LogP contribution in [0.2, 0.25) is 0 Å². The van der Waals surface area contributed by atoms with Crippen LogP contribution in [0, 0.1) is 0 Å². The number of hydrogen-bond acceptors (Lipinski definition) is 3. The molecule has 66 valence electrons. The fraction of sp³-hybridized carbons (Fsp3) is 1.00. The van der Waals surface area contributed by atoms with E-state index in [0.717, 1.165) is 26.3 Å². The molecular weight excluding hydrogens is 140 g/mol. The maximum Gasteiger partial charge on any atom is 0.0619 e. The van der Waals surface area contributed by atoms with Gasteiger partial charge >= 0.3 is 0 Å². The molecule has 1 saturated heterocycles. The van der Waals surface area contributed by atoms with E-state index in [-0.39, 0.29) is 6.04 Å². The fourth-order valence-corrected chi connectivity index (χ4v) is 1.40. The summed E-state index contributed by atoms with van der Waals surface area (Å²) in [4.78, 5) is 2.38. The summed E-state index contributed by atoms with van der Waals surface area (Å²) < 4.78 is 5.31. The Morgan fingerprint density at radius 1 is 1.73 bits per heavy atom. The monoisotopic (exact) mass is 158 g/mol. The minimum atomic E-state index is 0.274. The summed E-state index contributed by atoms with van der Waals surface area (Å²) in [7, 11) is 0. The van der Waals surface area contributed by atoms with Gasteiger partial charge in [-0.2, -0.15) is 0 Å². The minimum Gasteiger partial charge on any atom is -0.379 e. The van der Waals surface area contributed by atoms with E-state index < -0.39 is 0 Å². The Bertz CT molecular complexity index is 117. The van der Waals surface area contributed by atoms with Crippen LogP contribution in [0.25, 0.3) is 0 Å². The Hall–Kier alpha value is -0.120. The molecule has 2 N–H and O–H groups in total. The zero-order valence-corrected chi connectivity index (χ0v) is 7.42. The lowest BCUT2D eigenvalue weighted by molar-refractivity contribution is -0.00200. The maximum absolute atomic E-state index is 5.70. The summed E-state index contributed by atoms with van der Waals surface area (Å²) in [6.45, 7) is 7.96. The second kappa shape index (κ2) is 4.04. The van der Waals surface area contributed by atoms with Crippen molar-refractivity contribution in [1.29, 1.82) is 0 Å². The van der Waals surface area contributed by atoms with Crippen molar-refractivity contribution in [2.45, 2.75) is 25.9 Å². The third-order valence-electron chi connectivity index (χ3n) is 2.03. The van der Waals surface area contributed by atoms with Crippen LogP contribution in [-0.2, 0) is 4.74 Å². The van der Waals surface area contributed by atoms with Gasteiger partial charge in [0.2, 0.25) is 0 Å². The van der Waals surface area contributed by atoms with E-state index in [2.05, 4.69) is 11.8 Å². The predicted molar refractivity (Wildman–Crippen MR) is 45.5 cm³/mol. The normalized spacial score (nSPS) is 30.3. The van der Waals surface area contributed by atoms with Crippen molar-refractivity contribution in [2.24, 2.45) is 5.73 Å². The molecule has 0 aromatic heterocycles. The Kier molecular flexibility index (Phi) is 3.30. The van der Waals surface area contributed by atoms with E-state index in [1.165, 1.54) is 0 Å². The molecule has 1 rings (SSSR count). The Balaban J connectivity index is 2.29. The third kappa shape index (κ3) is 2.77. The summed E-state index contributed by atoms with van der Waals surface area (Å²) >= 11 is 0. The predicted octanol–water partition coefficient (Wildman–Crippen LogP) is 0.0543. The molecule has 1 aliphatic heterocycles. The number of ether oxygens (including phenoxy) is 1. The number of morpholine rings is 1. The minimum absolute atomic E-state index is 0.274. The van der Waals surface area contributed by atoms with Crippen molar-refractivity contribution in [1.82, 2.24) is 4.90 Å². The van der Waals surface area contributed by atoms with Crippen LogP contribution in [0.4, 0.5) is 0 Å². The lowest BCUT2D eigenvalue weighted by Crippen LogP contribution is -2.48. The van der Waals surface area contributed by atoms with E-state index in [9.17, 15) is 0 Å². The standard InChI is InChI=1S/C8H18N2O/c1-7(9)5-10-3-4-11-6-8(10)2/h7-8H,3-6,9H2,1-2H3. The van der Waals surface area contributed by atoms with Gasteiger partial charge in [-0.1, -0.05) is 0 Å². The maximum atomic E-state index is 5.70. The Morgan fingerprint density at radius 3 is 3.00 bits per heavy atom. The average molecular weight is 158 g/mol. The van der Waals surface area contributed by atoms with Crippen LogP contribution >= 0.6 is 0 Å². The highest BCUT2D eigenvalue weighted by Gasteiger charge is 2.18. The van der Waals surface area contributed by atoms with E-state index >= 15 is 0 Å². The molecule has 2 unspecified atom stereocenters. The first kappa shape index (κ1) is 8.97. The van der Waals surface area contributed by atoms with Gasteiger partial charge in [0.05, 0.1) is 13.2 Å². The molecule has 0 radical (unpaired) electrons. The van der Waals surface area contributed by atoms with Crippen LogP contribution in [-0.4, -0.2) is 43.3 Å². The molecule has 11 heavy (non-hydrogen) atoms. The summed E-state index contributed by atoms with van der Waals surface area (Å²) in [6, 6.07) is 0.810. The van der Waals surface area contributed by atoms with Crippen molar-refractivity contribution < 1.29 is 4.74 Å². The first-order valence-corrected chi connectivity index (χ1v) is 4.27. The highest BCUT2D eigenvalue weighted by Crippen LogP contribution is 2.05. The summed E-state index contributed by atoms with van der Waals surface area (Å²) in [5.74, 6) is 0. The first-order chi connectivity index (χ1) is 5.20. The summed E-state index contributed by atoms with van der Waals surface area (Å²) in [5.41, 5.74) is 5.70. The van der Waals surface area contributed by atoms with E-state index in [0.29, 0.717) is 6.04 Å². The molecule has 1 aliphatic rings. The third-order valence-corrected chi connectivity index (χ3v) is 2.03. The smallest absolute Gasteiger partial charge is 0.0619 e. The van der Waals surface area contributed by atoms with Crippen LogP contribution in [0.5, 0.6) is 0 Å². The Morgan fingerprint density at radius 2 is 2.45 bits per heavy atom. The molecule has 1 fully saturated rings. The van der Waals surface area contributed by atoms with Crippen LogP contribution in [0.15, 0.2) is 0 Å². The summed E-state index contributed by atoms with van der Waals surface area (Å²) in [6.07, 6.45) is 0. The largest absolute Gasteiger partial charge is 0.379 e. The quantitative estimate of drug-likeness (QED) is 0.617. The average Bonchev–Trinajstić information content (AvgIpc) is 1.93. The first-order valence-electron chi connectivity index (χ1n) is 4.27. The van der Waals surface area contributed by atoms with Crippen molar-refractivity contribution in [2.75, 3.05) is 26.3 Å². The molecule has 0 aromatic carbocycles. The SMILES string of the molecule is CC(N)CN1CCOCC1C. The van der Waals surface area contributed by atoms with Gasteiger partial charge in [-0.3, -0.25) is 4.90 Å². The van der Waals surface area contributed by atoms with Crippen molar-refractivity contribution >= 4 is 0 Å². The molecule has 0 aromatic rings.